The Hall–Kier alpha value is -0.770. The van der Waals surface area contributed by atoms with Crippen LogP contribution in [0.1, 0.15) is 18.4 Å². The van der Waals surface area contributed by atoms with E-state index in [1.807, 2.05) is 25.2 Å². The minimum atomic E-state index is -0.0205. The van der Waals surface area contributed by atoms with Gasteiger partial charge in [0.25, 0.3) is 0 Å². The number of benzene rings is 1. The molecule has 1 N–H and O–H groups in total. The molecule has 0 amide bonds. The van der Waals surface area contributed by atoms with E-state index in [9.17, 15) is 0 Å². The molecule has 0 unspecified atom stereocenters. The predicted octanol–water partition coefficient (Wildman–Crippen LogP) is 2.70. The summed E-state index contributed by atoms with van der Waals surface area (Å²) >= 11 is 6.07. The number of likely N-dealkylation sites (N-methyl/N-ethyl adjacent to an activating group) is 1. The number of nitrogens with zero attached hydrogens (tertiary/aromatic N) is 1. The second-order valence-electron chi connectivity index (χ2n) is 4.87. The molecule has 1 aromatic rings. The smallest absolute Gasteiger partial charge is 0.0696 e. The van der Waals surface area contributed by atoms with Crippen molar-refractivity contribution in [1.29, 1.82) is 0 Å². The van der Waals surface area contributed by atoms with Crippen molar-refractivity contribution in [3.8, 4) is 0 Å². The van der Waals surface area contributed by atoms with Crippen molar-refractivity contribution in [2.75, 3.05) is 31.7 Å². The molecule has 1 saturated carbocycles. The van der Waals surface area contributed by atoms with Crippen LogP contribution < -0.4 is 4.90 Å². The minimum absolute atomic E-state index is 0.0205. The molecule has 0 aromatic heterocycles. The Balaban J connectivity index is 1.79. The summed E-state index contributed by atoms with van der Waals surface area (Å²) in [5.41, 5.74) is 1.81. The van der Waals surface area contributed by atoms with E-state index in [2.05, 4.69) is 4.90 Å². The van der Waals surface area contributed by atoms with Gasteiger partial charge in [-0.2, -0.15) is 0 Å². The van der Waals surface area contributed by atoms with Crippen molar-refractivity contribution >= 4 is 17.3 Å². The zero-order valence-corrected chi connectivity index (χ0v) is 11.5. The third-order valence-corrected chi connectivity index (χ3v) is 3.62. The number of hydrogen-bond acceptors (Lipinski definition) is 3. The van der Waals surface area contributed by atoms with Gasteiger partial charge in [0, 0.05) is 30.9 Å². The second-order valence-corrected chi connectivity index (χ2v) is 5.28. The molecular weight excluding hydrogens is 250 g/mol. The van der Waals surface area contributed by atoms with Crippen LogP contribution in [-0.2, 0) is 11.3 Å². The maximum atomic E-state index is 9.06. The van der Waals surface area contributed by atoms with Crippen molar-refractivity contribution in [2.24, 2.45) is 5.92 Å². The maximum absolute atomic E-state index is 9.06. The number of anilines is 1. The Labute approximate surface area is 113 Å². The van der Waals surface area contributed by atoms with Gasteiger partial charge < -0.3 is 14.7 Å². The molecule has 2 rings (SSSR count). The number of halogens is 1. The predicted molar refractivity (Wildman–Crippen MR) is 74.2 cm³/mol. The monoisotopic (exact) mass is 269 g/mol. The van der Waals surface area contributed by atoms with Crippen LogP contribution >= 0.6 is 11.6 Å². The van der Waals surface area contributed by atoms with Crippen LogP contribution in [0.4, 0.5) is 5.69 Å². The molecule has 0 radical (unpaired) electrons. The van der Waals surface area contributed by atoms with Gasteiger partial charge in [-0.05, 0) is 36.5 Å². The number of rotatable bonds is 7. The van der Waals surface area contributed by atoms with E-state index < -0.39 is 0 Å². The average Bonchev–Trinajstić information content (AvgIpc) is 3.18. The van der Waals surface area contributed by atoms with Gasteiger partial charge in [-0.15, -0.1) is 0 Å². The molecule has 1 aromatic carbocycles. The van der Waals surface area contributed by atoms with Crippen LogP contribution in [0.2, 0.25) is 5.02 Å². The highest BCUT2D eigenvalue weighted by Crippen LogP contribution is 2.28. The number of hydrogen-bond donors (Lipinski definition) is 1. The second kappa shape index (κ2) is 6.41. The lowest BCUT2D eigenvalue weighted by molar-refractivity contribution is 0.131. The summed E-state index contributed by atoms with van der Waals surface area (Å²) in [5.74, 6) is 0.814. The molecule has 0 heterocycles. The number of aliphatic hydroxyl groups excluding tert-OH is 1. The summed E-state index contributed by atoms with van der Waals surface area (Å²) in [5, 5.41) is 9.67. The van der Waals surface area contributed by atoms with Gasteiger partial charge in [-0.3, -0.25) is 0 Å². The molecule has 0 atom stereocenters. The van der Waals surface area contributed by atoms with E-state index in [1.54, 1.807) is 0 Å². The molecule has 0 spiro atoms. The zero-order valence-electron chi connectivity index (χ0n) is 10.7. The van der Waals surface area contributed by atoms with Crippen molar-refractivity contribution in [3.05, 3.63) is 28.8 Å². The summed E-state index contributed by atoms with van der Waals surface area (Å²) in [4.78, 5) is 2.11. The van der Waals surface area contributed by atoms with Gasteiger partial charge in [0.1, 0.15) is 0 Å². The van der Waals surface area contributed by atoms with Crippen LogP contribution in [0.25, 0.3) is 0 Å². The summed E-state index contributed by atoms with van der Waals surface area (Å²) < 4.78 is 5.61. The first kappa shape index (κ1) is 13.7. The van der Waals surface area contributed by atoms with E-state index >= 15 is 0 Å². The first-order valence-corrected chi connectivity index (χ1v) is 6.76. The highest BCUT2D eigenvalue weighted by Gasteiger charge is 2.20. The van der Waals surface area contributed by atoms with Crippen LogP contribution in [0.3, 0.4) is 0 Å². The van der Waals surface area contributed by atoms with Crippen molar-refractivity contribution in [1.82, 2.24) is 0 Å². The number of ether oxygens (including phenoxy) is 1. The third-order valence-electron chi connectivity index (χ3n) is 3.27. The van der Waals surface area contributed by atoms with Gasteiger partial charge in [-0.25, -0.2) is 0 Å². The van der Waals surface area contributed by atoms with Crippen molar-refractivity contribution in [2.45, 2.75) is 19.4 Å². The fraction of sp³-hybridized carbons (Fsp3) is 0.571. The molecule has 0 bridgehead atoms. The summed E-state index contributed by atoms with van der Waals surface area (Å²) in [6.07, 6.45) is 2.65. The van der Waals surface area contributed by atoms with Gasteiger partial charge in [0.15, 0.2) is 0 Å². The standard InChI is InChI=1S/C14H20ClNO2/c1-16(6-7-18-10-11-2-3-11)13-5-4-12(9-17)14(15)8-13/h4-5,8,11,17H,2-3,6-7,9-10H2,1H3. The Kier molecular flexibility index (Phi) is 4.87. The first-order chi connectivity index (χ1) is 8.70. The average molecular weight is 270 g/mol. The lowest BCUT2D eigenvalue weighted by atomic mass is 10.2. The molecule has 3 nitrogen and oxygen atoms in total. The Morgan fingerprint density at radius 2 is 2.22 bits per heavy atom. The fourth-order valence-electron chi connectivity index (χ4n) is 1.77. The Morgan fingerprint density at radius 1 is 1.44 bits per heavy atom. The van der Waals surface area contributed by atoms with Crippen LogP contribution in [-0.4, -0.2) is 31.9 Å². The molecule has 0 saturated heterocycles. The van der Waals surface area contributed by atoms with Gasteiger partial charge >= 0.3 is 0 Å². The first-order valence-electron chi connectivity index (χ1n) is 6.39. The normalized spacial score (nSPS) is 14.8. The lowest BCUT2D eigenvalue weighted by Crippen LogP contribution is -2.23. The molecular formula is C14H20ClNO2. The number of aliphatic hydroxyl groups is 1. The fourth-order valence-corrected chi connectivity index (χ4v) is 2.00. The van der Waals surface area contributed by atoms with Crippen LogP contribution in [0, 0.1) is 5.92 Å². The Morgan fingerprint density at radius 3 is 2.83 bits per heavy atom. The quantitative estimate of drug-likeness (QED) is 0.773. The largest absolute Gasteiger partial charge is 0.392 e. The molecule has 4 heteroatoms. The topological polar surface area (TPSA) is 32.7 Å². The molecule has 18 heavy (non-hydrogen) atoms. The van der Waals surface area contributed by atoms with Gasteiger partial charge in [-0.1, -0.05) is 17.7 Å². The minimum Gasteiger partial charge on any atom is -0.392 e. The molecule has 0 aliphatic heterocycles. The highest BCUT2D eigenvalue weighted by atomic mass is 35.5. The van der Waals surface area contributed by atoms with Crippen molar-refractivity contribution < 1.29 is 9.84 Å². The summed E-state index contributed by atoms with van der Waals surface area (Å²) in [6, 6.07) is 5.71. The van der Waals surface area contributed by atoms with E-state index in [-0.39, 0.29) is 6.61 Å². The van der Waals surface area contributed by atoms with Gasteiger partial charge in [0.05, 0.1) is 13.2 Å². The highest BCUT2D eigenvalue weighted by molar-refractivity contribution is 6.31. The summed E-state index contributed by atoms with van der Waals surface area (Å²) in [7, 11) is 2.02. The lowest BCUT2D eigenvalue weighted by Gasteiger charge is -2.20. The zero-order chi connectivity index (χ0) is 13.0. The van der Waals surface area contributed by atoms with E-state index in [1.165, 1.54) is 12.8 Å². The maximum Gasteiger partial charge on any atom is 0.0696 e. The van der Waals surface area contributed by atoms with E-state index in [4.69, 9.17) is 21.4 Å². The third kappa shape index (κ3) is 3.87. The SMILES string of the molecule is CN(CCOCC1CC1)c1ccc(CO)c(Cl)c1. The van der Waals surface area contributed by atoms with Crippen LogP contribution in [0.15, 0.2) is 18.2 Å². The van der Waals surface area contributed by atoms with Crippen LogP contribution in [0.5, 0.6) is 0 Å². The van der Waals surface area contributed by atoms with Gasteiger partial charge in [0.2, 0.25) is 0 Å². The van der Waals surface area contributed by atoms with Crippen molar-refractivity contribution in [3.63, 3.8) is 0 Å². The van der Waals surface area contributed by atoms with E-state index in [0.29, 0.717) is 5.02 Å². The molecule has 1 aliphatic carbocycles. The van der Waals surface area contributed by atoms with E-state index in [0.717, 1.165) is 36.9 Å². The molecule has 100 valence electrons. The summed E-state index contributed by atoms with van der Waals surface area (Å²) in [6.45, 7) is 2.47. The molecule has 1 fully saturated rings. The molecule has 1 aliphatic rings. The Bertz CT molecular complexity index is 393.